The number of hydrogen-bond acceptors (Lipinski definition) is 4. The molecule has 0 unspecified atom stereocenters. The fraction of sp³-hybridized carbons (Fsp3) is 0.263. The zero-order valence-corrected chi connectivity index (χ0v) is 17.2. The van der Waals surface area contributed by atoms with Gasteiger partial charge in [0.25, 0.3) is 5.91 Å². The van der Waals surface area contributed by atoms with Gasteiger partial charge in [0.15, 0.2) is 11.4 Å². The van der Waals surface area contributed by atoms with Crippen molar-refractivity contribution in [2.45, 2.75) is 13.5 Å². The molecule has 0 aliphatic heterocycles. The van der Waals surface area contributed by atoms with E-state index in [0.29, 0.717) is 33.7 Å². The van der Waals surface area contributed by atoms with Crippen molar-refractivity contribution in [1.82, 2.24) is 4.57 Å². The molecule has 0 atom stereocenters. The van der Waals surface area contributed by atoms with E-state index < -0.39 is 5.91 Å². The van der Waals surface area contributed by atoms with Crippen LogP contribution in [-0.2, 0) is 16.1 Å². The monoisotopic (exact) mass is 424 g/mol. The van der Waals surface area contributed by atoms with Gasteiger partial charge in [-0.25, -0.2) is 0 Å². The van der Waals surface area contributed by atoms with Crippen LogP contribution in [-0.4, -0.2) is 30.8 Å². The summed E-state index contributed by atoms with van der Waals surface area (Å²) in [6.45, 7) is 2.96. The maximum absolute atomic E-state index is 12.3. The van der Waals surface area contributed by atoms with Gasteiger partial charge in [-0.1, -0.05) is 40.6 Å². The molecule has 1 aromatic heterocycles. The van der Waals surface area contributed by atoms with E-state index in [-0.39, 0.29) is 6.61 Å². The van der Waals surface area contributed by atoms with Crippen LogP contribution in [0.25, 0.3) is 10.2 Å². The Kier molecular flexibility index (Phi) is 6.55. The number of rotatable bonds is 6. The molecule has 1 heterocycles. The molecule has 0 aliphatic rings. The van der Waals surface area contributed by atoms with Gasteiger partial charge in [-0.05, 0) is 42.8 Å². The van der Waals surface area contributed by atoms with Crippen LogP contribution < -0.4 is 9.54 Å². The van der Waals surface area contributed by atoms with Gasteiger partial charge in [0.1, 0.15) is 5.75 Å². The number of aromatic nitrogens is 1. The third-order valence-corrected chi connectivity index (χ3v) is 5.39. The smallest absolute Gasteiger partial charge is 0.286 e. The normalized spacial score (nSPS) is 11.9. The molecular formula is C19H18Cl2N2O3S. The number of fused-ring (bicyclic) bond motifs is 1. The first-order chi connectivity index (χ1) is 13.0. The average molecular weight is 425 g/mol. The number of methoxy groups -OCH3 is 1. The van der Waals surface area contributed by atoms with E-state index in [2.05, 4.69) is 11.1 Å². The molecular weight excluding hydrogens is 407 g/mol. The number of hydrogen-bond donors (Lipinski definition) is 0. The Morgan fingerprint density at radius 3 is 2.78 bits per heavy atom. The molecule has 8 heteroatoms. The predicted molar refractivity (Wildman–Crippen MR) is 109 cm³/mol. The molecule has 3 rings (SSSR count). The second kappa shape index (κ2) is 8.89. The van der Waals surface area contributed by atoms with Crippen LogP contribution in [0.15, 0.2) is 41.4 Å². The van der Waals surface area contributed by atoms with Gasteiger partial charge in [0.2, 0.25) is 0 Å². The number of carbonyl (C=O) groups excluding carboxylic acids is 1. The number of thiazole rings is 1. The number of carbonyl (C=O) groups is 1. The summed E-state index contributed by atoms with van der Waals surface area (Å²) < 4.78 is 13.7. The molecule has 0 radical (unpaired) electrons. The summed E-state index contributed by atoms with van der Waals surface area (Å²) in [4.78, 5) is 17.2. The third-order valence-electron chi connectivity index (χ3n) is 3.82. The highest BCUT2D eigenvalue weighted by molar-refractivity contribution is 7.16. The number of aryl methyl sites for hydroxylation is 1. The molecule has 0 N–H and O–H groups in total. The van der Waals surface area contributed by atoms with Gasteiger partial charge in [-0.2, -0.15) is 4.99 Å². The summed E-state index contributed by atoms with van der Waals surface area (Å²) in [5.74, 6) is -0.000645. The van der Waals surface area contributed by atoms with Crippen LogP contribution in [0, 0.1) is 6.92 Å². The highest BCUT2D eigenvalue weighted by Gasteiger charge is 2.10. The van der Waals surface area contributed by atoms with E-state index in [0.717, 1.165) is 15.8 Å². The standard InChI is InChI=1S/C19H18Cl2N2O3S/c1-12-3-5-15-17(9-12)27-19(23(15)7-8-25-2)22-18(24)11-26-16-6-4-13(20)10-14(16)21/h3-6,9-10H,7-8,11H2,1-2H3. The van der Waals surface area contributed by atoms with Crippen molar-refractivity contribution in [2.24, 2.45) is 4.99 Å². The van der Waals surface area contributed by atoms with Gasteiger partial charge in [0, 0.05) is 18.7 Å². The molecule has 0 aliphatic carbocycles. The van der Waals surface area contributed by atoms with Crippen LogP contribution in [0.2, 0.25) is 10.0 Å². The molecule has 0 fully saturated rings. The fourth-order valence-corrected chi connectivity index (χ4v) is 4.17. The maximum Gasteiger partial charge on any atom is 0.286 e. The highest BCUT2D eigenvalue weighted by Crippen LogP contribution is 2.27. The van der Waals surface area contributed by atoms with Gasteiger partial charge in [-0.3, -0.25) is 4.79 Å². The van der Waals surface area contributed by atoms with Gasteiger partial charge < -0.3 is 14.0 Å². The zero-order chi connectivity index (χ0) is 19.4. The van der Waals surface area contributed by atoms with E-state index in [1.54, 1.807) is 25.3 Å². The number of benzene rings is 2. The van der Waals surface area contributed by atoms with Gasteiger partial charge >= 0.3 is 0 Å². The average Bonchev–Trinajstić information content (AvgIpc) is 2.95. The van der Waals surface area contributed by atoms with E-state index in [4.69, 9.17) is 32.7 Å². The fourth-order valence-electron chi connectivity index (χ4n) is 2.54. The zero-order valence-electron chi connectivity index (χ0n) is 14.9. The van der Waals surface area contributed by atoms with Crippen molar-refractivity contribution >= 4 is 50.7 Å². The van der Waals surface area contributed by atoms with Crippen molar-refractivity contribution < 1.29 is 14.3 Å². The summed E-state index contributed by atoms with van der Waals surface area (Å²) in [5.41, 5.74) is 2.18. The molecule has 0 spiro atoms. The van der Waals surface area contributed by atoms with Crippen LogP contribution in [0.4, 0.5) is 0 Å². The Morgan fingerprint density at radius 2 is 2.04 bits per heavy atom. The summed E-state index contributed by atoms with van der Waals surface area (Å²) in [7, 11) is 1.64. The Hall–Kier alpha value is -1.86. The van der Waals surface area contributed by atoms with Crippen LogP contribution >= 0.6 is 34.5 Å². The molecule has 0 saturated carbocycles. The van der Waals surface area contributed by atoms with Crippen LogP contribution in [0.5, 0.6) is 5.75 Å². The topological polar surface area (TPSA) is 52.8 Å². The largest absolute Gasteiger partial charge is 0.482 e. The van der Waals surface area contributed by atoms with Gasteiger partial charge in [-0.15, -0.1) is 0 Å². The minimum atomic E-state index is -0.393. The van der Waals surface area contributed by atoms with Crippen LogP contribution in [0.1, 0.15) is 5.56 Å². The predicted octanol–water partition coefficient (Wildman–Crippen LogP) is 4.47. The molecule has 0 bridgehead atoms. The Bertz CT molecular complexity index is 1040. The van der Waals surface area contributed by atoms with E-state index in [9.17, 15) is 4.79 Å². The van der Waals surface area contributed by atoms with E-state index in [1.165, 1.54) is 11.3 Å². The Morgan fingerprint density at radius 1 is 1.22 bits per heavy atom. The first-order valence-electron chi connectivity index (χ1n) is 8.22. The molecule has 3 aromatic rings. The highest BCUT2D eigenvalue weighted by atomic mass is 35.5. The third kappa shape index (κ3) is 4.90. The lowest BCUT2D eigenvalue weighted by atomic mass is 10.2. The number of halogens is 2. The van der Waals surface area contributed by atoms with E-state index >= 15 is 0 Å². The maximum atomic E-state index is 12.3. The summed E-state index contributed by atoms with van der Waals surface area (Å²) in [5, 5.41) is 0.853. The van der Waals surface area contributed by atoms with Crippen LogP contribution in [0.3, 0.4) is 0 Å². The van der Waals surface area contributed by atoms with Crippen molar-refractivity contribution in [1.29, 1.82) is 0 Å². The Labute approximate surface area is 170 Å². The van der Waals surface area contributed by atoms with Crippen molar-refractivity contribution in [2.75, 3.05) is 20.3 Å². The number of nitrogens with zero attached hydrogens (tertiary/aromatic N) is 2. The second-order valence-electron chi connectivity index (χ2n) is 5.87. The minimum Gasteiger partial charge on any atom is -0.482 e. The van der Waals surface area contributed by atoms with Crippen molar-refractivity contribution in [3.8, 4) is 5.75 Å². The second-order valence-corrected chi connectivity index (χ2v) is 7.72. The molecule has 0 saturated heterocycles. The van der Waals surface area contributed by atoms with Crippen molar-refractivity contribution in [3.05, 3.63) is 56.8 Å². The van der Waals surface area contributed by atoms with Gasteiger partial charge in [0.05, 0.1) is 21.8 Å². The molecule has 5 nitrogen and oxygen atoms in total. The SMILES string of the molecule is COCCn1c(=NC(=O)COc2ccc(Cl)cc2Cl)sc2cc(C)ccc21. The lowest BCUT2D eigenvalue weighted by molar-refractivity contribution is -0.120. The lowest BCUT2D eigenvalue weighted by Crippen LogP contribution is -2.21. The first-order valence-corrected chi connectivity index (χ1v) is 9.79. The number of amides is 1. The summed E-state index contributed by atoms with van der Waals surface area (Å²) in [6.07, 6.45) is 0. The molecule has 27 heavy (non-hydrogen) atoms. The van der Waals surface area contributed by atoms with E-state index in [1.807, 2.05) is 23.6 Å². The molecule has 1 amide bonds. The minimum absolute atomic E-state index is 0.209. The summed E-state index contributed by atoms with van der Waals surface area (Å²) in [6, 6.07) is 11.0. The number of ether oxygens (including phenoxy) is 2. The molecule has 142 valence electrons. The van der Waals surface area contributed by atoms with Crippen molar-refractivity contribution in [3.63, 3.8) is 0 Å². The lowest BCUT2D eigenvalue weighted by Gasteiger charge is -2.06. The quantitative estimate of drug-likeness (QED) is 0.586. The summed E-state index contributed by atoms with van der Waals surface area (Å²) >= 11 is 13.4. The first kappa shape index (κ1) is 19.9. The Balaban J connectivity index is 1.86. The molecule has 2 aromatic carbocycles.